The first-order valence-corrected chi connectivity index (χ1v) is 6.95. The van der Waals surface area contributed by atoms with Crippen LogP contribution >= 0.6 is 0 Å². The summed E-state index contributed by atoms with van der Waals surface area (Å²) in [5.74, 6) is 0. The van der Waals surface area contributed by atoms with Gasteiger partial charge in [0.25, 0.3) is 0 Å². The van der Waals surface area contributed by atoms with Crippen molar-refractivity contribution in [2.45, 2.75) is 33.0 Å². The standard InChI is InChI=1S/C15H24N4/c1-5-19-15-9-7-6-8-13(15)14(17-19)11-16-10-12(2)18(3)4/h6-9,12,16H,5,10-11H2,1-4H3. The predicted molar refractivity (Wildman–Crippen MR) is 80.3 cm³/mol. The van der Waals surface area contributed by atoms with Crippen LogP contribution in [0.15, 0.2) is 24.3 Å². The molecule has 0 saturated heterocycles. The highest BCUT2D eigenvalue weighted by Crippen LogP contribution is 2.18. The molecular formula is C15H24N4. The normalized spacial score (nSPS) is 13.3. The molecule has 1 heterocycles. The lowest BCUT2D eigenvalue weighted by Crippen LogP contribution is -2.35. The zero-order valence-electron chi connectivity index (χ0n) is 12.3. The molecule has 104 valence electrons. The van der Waals surface area contributed by atoms with E-state index in [0.717, 1.165) is 25.3 Å². The summed E-state index contributed by atoms with van der Waals surface area (Å²) >= 11 is 0. The Morgan fingerprint density at radius 1 is 1.32 bits per heavy atom. The maximum absolute atomic E-state index is 4.69. The molecular weight excluding hydrogens is 236 g/mol. The third-order valence-corrected chi connectivity index (χ3v) is 3.65. The topological polar surface area (TPSA) is 33.1 Å². The largest absolute Gasteiger partial charge is 0.310 e. The summed E-state index contributed by atoms with van der Waals surface area (Å²) in [5, 5.41) is 9.44. The van der Waals surface area contributed by atoms with Crippen LogP contribution in [0, 0.1) is 0 Å². The summed E-state index contributed by atoms with van der Waals surface area (Å²) in [6.45, 7) is 7.06. The zero-order valence-corrected chi connectivity index (χ0v) is 12.3. The Morgan fingerprint density at radius 3 is 2.74 bits per heavy atom. The van der Waals surface area contributed by atoms with Gasteiger partial charge in [0.15, 0.2) is 0 Å². The number of aryl methyl sites for hydroxylation is 1. The minimum absolute atomic E-state index is 0.527. The van der Waals surface area contributed by atoms with Gasteiger partial charge < -0.3 is 10.2 Å². The number of hydrogen-bond donors (Lipinski definition) is 1. The lowest BCUT2D eigenvalue weighted by molar-refractivity contribution is 0.302. The van der Waals surface area contributed by atoms with Crippen LogP contribution in [-0.2, 0) is 13.1 Å². The molecule has 4 heteroatoms. The summed E-state index contributed by atoms with van der Waals surface area (Å²) in [6.07, 6.45) is 0. The summed E-state index contributed by atoms with van der Waals surface area (Å²) in [7, 11) is 4.21. The molecule has 0 fully saturated rings. The van der Waals surface area contributed by atoms with Crippen molar-refractivity contribution in [1.29, 1.82) is 0 Å². The van der Waals surface area contributed by atoms with Crippen LogP contribution in [0.1, 0.15) is 19.5 Å². The van der Waals surface area contributed by atoms with Gasteiger partial charge in [-0.15, -0.1) is 0 Å². The third kappa shape index (κ3) is 3.14. The van der Waals surface area contributed by atoms with Gasteiger partial charge in [-0.25, -0.2) is 0 Å². The van der Waals surface area contributed by atoms with Gasteiger partial charge in [0.2, 0.25) is 0 Å². The van der Waals surface area contributed by atoms with Gasteiger partial charge in [-0.2, -0.15) is 5.10 Å². The number of nitrogens with zero attached hydrogens (tertiary/aromatic N) is 3. The maximum Gasteiger partial charge on any atom is 0.0841 e. The second kappa shape index (κ2) is 6.17. The number of rotatable bonds is 6. The molecule has 0 radical (unpaired) electrons. The molecule has 0 aliphatic carbocycles. The van der Waals surface area contributed by atoms with Gasteiger partial charge >= 0.3 is 0 Å². The molecule has 1 N–H and O–H groups in total. The molecule has 1 aromatic carbocycles. The molecule has 0 saturated carbocycles. The Hall–Kier alpha value is -1.39. The smallest absolute Gasteiger partial charge is 0.0841 e. The van der Waals surface area contributed by atoms with E-state index in [1.165, 1.54) is 10.9 Å². The highest BCUT2D eigenvalue weighted by Gasteiger charge is 2.09. The first-order chi connectivity index (χ1) is 9.13. The molecule has 0 aliphatic rings. The highest BCUT2D eigenvalue weighted by molar-refractivity contribution is 5.81. The molecule has 0 amide bonds. The van der Waals surface area contributed by atoms with E-state index < -0.39 is 0 Å². The zero-order chi connectivity index (χ0) is 13.8. The summed E-state index contributed by atoms with van der Waals surface area (Å²) < 4.78 is 2.07. The van der Waals surface area contributed by atoms with E-state index in [1.54, 1.807) is 0 Å². The molecule has 19 heavy (non-hydrogen) atoms. The molecule has 0 spiro atoms. The Kier molecular flexibility index (Phi) is 4.56. The minimum Gasteiger partial charge on any atom is -0.310 e. The second-order valence-electron chi connectivity index (χ2n) is 5.22. The van der Waals surface area contributed by atoms with E-state index in [0.29, 0.717) is 6.04 Å². The fourth-order valence-electron chi connectivity index (χ4n) is 2.15. The molecule has 2 rings (SSSR count). The number of hydrogen-bond acceptors (Lipinski definition) is 3. The number of para-hydroxylation sites is 1. The minimum atomic E-state index is 0.527. The number of nitrogens with one attached hydrogen (secondary N) is 1. The molecule has 1 aromatic heterocycles. The quantitative estimate of drug-likeness (QED) is 0.863. The van der Waals surface area contributed by atoms with E-state index in [4.69, 9.17) is 5.10 Å². The summed E-state index contributed by atoms with van der Waals surface area (Å²) in [6, 6.07) is 8.97. The average Bonchev–Trinajstić information content (AvgIpc) is 2.77. The van der Waals surface area contributed by atoms with E-state index in [9.17, 15) is 0 Å². The molecule has 0 bridgehead atoms. The molecule has 1 atom stereocenters. The Labute approximate surface area is 115 Å². The number of likely N-dealkylation sites (N-methyl/N-ethyl adjacent to an activating group) is 1. The SMILES string of the molecule is CCn1nc(CNCC(C)N(C)C)c2ccccc21. The van der Waals surface area contributed by atoms with Crippen LogP contribution in [0.4, 0.5) is 0 Å². The van der Waals surface area contributed by atoms with Crippen LogP contribution in [0.2, 0.25) is 0 Å². The number of fused-ring (bicyclic) bond motifs is 1. The molecule has 0 aliphatic heterocycles. The first-order valence-electron chi connectivity index (χ1n) is 6.95. The second-order valence-corrected chi connectivity index (χ2v) is 5.22. The Morgan fingerprint density at radius 2 is 2.05 bits per heavy atom. The van der Waals surface area contributed by atoms with E-state index in [-0.39, 0.29) is 0 Å². The van der Waals surface area contributed by atoms with Crippen molar-refractivity contribution in [1.82, 2.24) is 20.0 Å². The fraction of sp³-hybridized carbons (Fsp3) is 0.533. The maximum atomic E-state index is 4.69. The van der Waals surface area contributed by atoms with Crippen LogP contribution in [-0.4, -0.2) is 41.4 Å². The van der Waals surface area contributed by atoms with Gasteiger partial charge in [0.05, 0.1) is 11.2 Å². The van der Waals surface area contributed by atoms with Crippen LogP contribution < -0.4 is 5.32 Å². The molecule has 1 unspecified atom stereocenters. The Bertz CT molecular complexity index is 530. The first kappa shape index (κ1) is 14.0. The van der Waals surface area contributed by atoms with Crippen LogP contribution in [0.25, 0.3) is 10.9 Å². The average molecular weight is 260 g/mol. The van der Waals surface area contributed by atoms with Gasteiger partial charge in [-0.1, -0.05) is 18.2 Å². The molecule has 4 nitrogen and oxygen atoms in total. The van der Waals surface area contributed by atoms with Crippen molar-refractivity contribution in [2.75, 3.05) is 20.6 Å². The van der Waals surface area contributed by atoms with Gasteiger partial charge in [0, 0.05) is 31.1 Å². The van der Waals surface area contributed by atoms with Crippen molar-refractivity contribution in [2.24, 2.45) is 0 Å². The van der Waals surface area contributed by atoms with Crippen molar-refractivity contribution in [3.8, 4) is 0 Å². The highest BCUT2D eigenvalue weighted by atomic mass is 15.3. The van der Waals surface area contributed by atoms with E-state index in [1.807, 2.05) is 0 Å². The predicted octanol–water partition coefficient (Wildman–Crippen LogP) is 2.10. The van der Waals surface area contributed by atoms with E-state index >= 15 is 0 Å². The monoisotopic (exact) mass is 260 g/mol. The molecule has 2 aromatic rings. The van der Waals surface area contributed by atoms with Gasteiger partial charge in [-0.3, -0.25) is 4.68 Å². The lowest BCUT2D eigenvalue weighted by atomic mass is 10.2. The van der Waals surface area contributed by atoms with Gasteiger partial charge in [0.1, 0.15) is 0 Å². The van der Waals surface area contributed by atoms with Crippen LogP contribution in [0.5, 0.6) is 0 Å². The Balaban J connectivity index is 2.08. The lowest BCUT2D eigenvalue weighted by Gasteiger charge is -2.19. The summed E-state index contributed by atoms with van der Waals surface area (Å²) in [5.41, 5.74) is 2.37. The van der Waals surface area contributed by atoms with Crippen LogP contribution in [0.3, 0.4) is 0 Å². The number of benzene rings is 1. The number of aromatic nitrogens is 2. The van der Waals surface area contributed by atoms with Crippen molar-refractivity contribution >= 4 is 10.9 Å². The van der Waals surface area contributed by atoms with Crippen molar-refractivity contribution in [3.63, 3.8) is 0 Å². The van der Waals surface area contributed by atoms with Crippen molar-refractivity contribution in [3.05, 3.63) is 30.0 Å². The fourth-order valence-corrected chi connectivity index (χ4v) is 2.15. The van der Waals surface area contributed by atoms with Crippen molar-refractivity contribution < 1.29 is 0 Å². The third-order valence-electron chi connectivity index (χ3n) is 3.65. The van der Waals surface area contributed by atoms with Gasteiger partial charge in [-0.05, 0) is 34.0 Å². The summed E-state index contributed by atoms with van der Waals surface area (Å²) in [4.78, 5) is 2.22. The van der Waals surface area contributed by atoms with E-state index in [2.05, 4.69) is 67.1 Å².